The van der Waals surface area contributed by atoms with Gasteiger partial charge in [-0.3, -0.25) is 5.32 Å². The largest absolute Gasteiger partial charge is 0.489 e. The van der Waals surface area contributed by atoms with Gasteiger partial charge in [-0.25, -0.2) is 0 Å². The van der Waals surface area contributed by atoms with Crippen LogP contribution < -0.4 is 10.1 Å². The van der Waals surface area contributed by atoms with Crippen molar-refractivity contribution in [3.63, 3.8) is 0 Å². The minimum atomic E-state index is -0.110. The molecule has 2 unspecified atom stereocenters. The molecule has 1 aromatic carbocycles. The maximum Gasteiger partial charge on any atom is 0.122 e. The van der Waals surface area contributed by atoms with Gasteiger partial charge in [-0.15, -0.1) is 0 Å². The fraction of sp³-hybridized carbons (Fsp3) is 0.462. The molecule has 1 aliphatic rings. The Morgan fingerprint density at radius 2 is 2.38 bits per heavy atom. The van der Waals surface area contributed by atoms with Gasteiger partial charge in [0.2, 0.25) is 0 Å². The Bertz CT molecular complexity index is 397. The van der Waals surface area contributed by atoms with Gasteiger partial charge in [0.25, 0.3) is 0 Å². The van der Waals surface area contributed by atoms with Crippen LogP contribution in [0.5, 0.6) is 5.75 Å². The summed E-state index contributed by atoms with van der Waals surface area (Å²) in [7, 11) is 0. The van der Waals surface area contributed by atoms with E-state index in [2.05, 4.69) is 17.5 Å². The Morgan fingerprint density at radius 3 is 3.19 bits per heavy atom. The van der Waals surface area contributed by atoms with E-state index >= 15 is 0 Å². The van der Waals surface area contributed by atoms with Crippen LogP contribution in [0.25, 0.3) is 0 Å². The van der Waals surface area contributed by atoms with Crippen molar-refractivity contribution in [3.8, 4) is 11.8 Å². The number of aryl methyl sites for hydroxylation is 1. The average molecular weight is 216 g/mol. The van der Waals surface area contributed by atoms with E-state index in [0.717, 1.165) is 25.1 Å². The number of nitriles is 1. The number of benzene rings is 1. The van der Waals surface area contributed by atoms with Crippen molar-refractivity contribution in [2.45, 2.75) is 31.9 Å². The SMILES string of the molecule is CC(C#N)NCC1CCc2ccccc2O1. The molecule has 1 aliphatic heterocycles. The second kappa shape index (κ2) is 5.00. The molecule has 0 radical (unpaired) electrons. The predicted molar refractivity (Wildman–Crippen MR) is 62.3 cm³/mol. The lowest BCUT2D eigenvalue weighted by molar-refractivity contribution is 0.169. The normalized spacial score (nSPS) is 20.4. The molecule has 0 aliphatic carbocycles. The Kier molecular flexibility index (Phi) is 3.43. The van der Waals surface area contributed by atoms with E-state index in [1.54, 1.807) is 0 Å². The quantitative estimate of drug-likeness (QED) is 0.839. The zero-order chi connectivity index (χ0) is 11.4. The van der Waals surface area contributed by atoms with Crippen LogP contribution in [0.2, 0.25) is 0 Å². The fourth-order valence-electron chi connectivity index (χ4n) is 1.88. The first-order chi connectivity index (χ1) is 7.79. The monoisotopic (exact) mass is 216 g/mol. The molecule has 1 aromatic rings. The molecule has 0 saturated heterocycles. The number of ether oxygens (including phenoxy) is 1. The highest BCUT2D eigenvalue weighted by atomic mass is 16.5. The molecule has 3 heteroatoms. The smallest absolute Gasteiger partial charge is 0.122 e. The van der Waals surface area contributed by atoms with Crippen LogP contribution in [0.3, 0.4) is 0 Å². The summed E-state index contributed by atoms with van der Waals surface area (Å²) < 4.78 is 5.85. The third-order valence-corrected chi connectivity index (χ3v) is 2.85. The van der Waals surface area contributed by atoms with Gasteiger partial charge in [0.05, 0.1) is 12.1 Å². The molecule has 0 aromatic heterocycles. The molecule has 16 heavy (non-hydrogen) atoms. The lowest BCUT2D eigenvalue weighted by atomic mass is 10.0. The number of nitrogens with one attached hydrogen (secondary N) is 1. The number of hydrogen-bond donors (Lipinski definition) is 1. The maximum absolute atomic E-state index is 8.67. The zero-order valence-electron chi connectivity index (χ0n) is 9.44. The maximum atomic E-state index is 8.67. The first kappa shape index (κ1) is 11.0. The summed E-state index contributed by atoms with van der Waals surface area (Å²) in [6.07, 6.45) is 2.26. The molecule has 0 amide bonds. The van der Waals surface area contributed by atoms with Crippen molar-refractivity contribution < 1.29 is 4.74 Å². The molecule has 2 atom stereocenters. The minimum absolute atomic E-state index is 0.110. The van der Waals surface area contributed by atoms with Crippen LogP contribution in [-0.4, -0.2) is 18.7 Å². The summed E-state index contributed by atoms with van der Waals surface area (Å²) in [4.78, 5) is 0. The molecule has 0 fully saturated rings. The summed E-state index contributed by atoms with van der Waals surface area (Å²) >= 11 is 0. The summed E-state index contributed by atoms with van der Waals surface area (Å²) in [6, 6.07) is 10.2. The number of nitrogens with zero attached hydrogens (tertiary/aromatic N) is 1. The highest BCUT2D eigenvalue weighted by Gasteiger charge is 2.19. The van der Waals surface area contributed by atoms with Crippen LogP contribution in [-0.2, 0) is 6.42 Å². The van der Waals surface area contributed by atoms with Crippen molar-refractivity contribution in [1.82, 2.24) is 5.32 Å². The van der Waals surface area contributed by atoms with Crippen molar-refractivity contribution >= 4 is 0 Å². The predicted octanol–water partition coefficient (Wildman–Crippen LogP) is 1.88. The van der Waals surface area contributed by atoms with Gasteiger partial charge >= 0.3 is 0 Å². The lowest BCUT2D eigenvalue weighted by Gasteiger charge is -2.26. The molecule has 0 saturated carbocycles. The molecule has 0 bridgehead atoms. The summed E-state index contributed by atoms with van der Waals surface area (Å²) in [5.41, 5.74) is 1.28. The van der Waals surface area contributed by atoms with Crippen molar-refractivity contribution in [3.05, 3.63) is 29.8 Å². The van der Waals surface area contributed by atoms with E-state index < -0.39 is 0 Å². The van der Waals surface area contributed by atoms with Gasteiger partial charge in [0.1, 0.15) is 11.9 Å². The van der Waals surface area contributed by atoms with E-state index in [1.165, 1.54) is 5.56 Å². The third kappa shape index (κ3) is 2.53. The second-order valence-electron chi connectivity index (χ2n) is 4.15. The van der Waals surface area contributed by atoms with Crippen molar-refractivity contribution in [2.24, 2.45) is 0 Å². The number of para-hydroxylation sites is 1. The zero-order valence-corrected chi connectivity index (χ0v) is 9.44. The first-order valence-corrected chi connectivity index (χ1v) is 5.67. The van der Waals surface area contributed by atoms with E-state index in [4.69, 9.17) is 10.00 Å². The number of hydrogen-bond acceptors (Lipinski definition) is 3. The highest BCUT2D eigenvalue weighted by Crippen LogP contribution is 2.26. The molecule has 2 rings (SSSR count). The number of fused-ring (bicyclic) bond motifs is 1. The average Bonchev–Trinajstić information content (AvgIpc) is 2.35. The van der Waals surface area contributed by atoms with Gasteiger partial charge in [0.15, 0.2) is 0 Å². The fourth-order valence-corrected chi connectivity index (χ4v) is 1.88. The lowest BCUT2D eigenvalue weighted by Crippen LogP contribution is -2.37. The molecule has 3 nitrogen and oxygen atoms in total. The first-order valence-electron chi connectivity index (χ1n) is 5.67. The Morgan fingerprint density at radius 1 is 1.56 bits per heavy atom. The van der Waals surface area contributed by atoms with E-state index in [-0.39, 0.29) is 12.1 Å². The molecule has 0 spiro atoms. The van der Waals surface area contributed by atoms with Gasteiger partial charge < -0.3 is 4.74 Å². The van der Waals surface area contributed by atoms with E-state index in [0.29, 0.717) is 0 Å². The molecule has 1 heterocycles. The van der Waals surface area contributed by atoms with Crippen molar-refractivity contribution in [2.75, 3.05) is 6.54 Å². The summed E-state index contributed by atoms with van der Waals surface area (Å²) in [5.74, 6) is 0.991. The topological polar surface area (TPSA) is 45.0 Å². The molecule has 84 valence electrons. The van der Waals surface area contributed by atoms with Gasteiger partial charge in [-0.2, -0.15) is 5.26 Å². The Balaban J connectivity index is 1.91. The number of rotatable bonds is 3. The highest BCUT2D eigenvalue weighted by molar-refractivity contribution is 5.35. The summed E-state index contributed by atoms with van der Waals surface area (Å²) in [5, 5.41) is 11.8. The molecular formula is C13H16N2O. The van der Waals surface area contributed by atoms with Gasteiger partial charge in [-0.1, -0.05) is 18.2 Å². The van der Waals surface area contributed by atoms with Crippen LogP contribution in [0.1, 0.15) is 18.9 Å². The van der Waals surface area contributed by atoms with E-state index in [1.807, 2.05) is 25.1 Å². The Hall–Kier alpha value is -1.53. The van der Waals surface area contributed by atoms with E-state index in [9.17, 15) is 0 Å². The van der Waals surface area contributed by atoms with Crippen molar-refractivity contribution in [1.29, 1.82) is 5.26 Å². The Labute approximate surface area is 96.0 Å². The van der Waals surface area contributed by atoms with Crippen LogP contribution in [0, 0.1) is 11.3 Å². The van der Waals surface area contributed by atoms with Gasteiger partial charge in [0, 0.05) is 6.54 Å². The molecular weight excluding hydrogens is 200 g/mol. The second-order valence-corrected chi connectivity index (χ2v) is 4.15. The van der Waals surface area contributed by atoms with Gasteiger partial charge in [-0.05, 0) is 31.4 Å². The standard InChI is InChI=1S/C13H16N2O/c1-10(8-14)15-9-12-7-6-11-4-2-3-5-13(11)16-12/h2-5,10,12,15H,6-7,9H2,1H3. The van der Waals surface area contributed by atoms with Crippen LogP contribution in [0.15, 0.2) is 24.3 Å². The third-order valence-electron chi connectivity index (χ3n) is 2.85. The molecule has 1 N–H and O–H groups in total. The summed E-state index contributed by atoms with van der Waals surface area (Å²) in [6.45, 7) is 2.60. The minimum Gasteiger partial charge on any atom is -0.489 e. The van der Waals surface area contributed by atoms with Crippen LogP contribution >= 0.6 is 0 Å². The van der Waals surface area contributed by atoms with Crippen LogP contribution in [0.4, 0.5) is 0 Å².